The highest BCUT2D eigenvalue weighted by Gasteiger charge is 2.39. The average Bonchev–Trinajstić information content (AvgIpc) is 2.82. The molecule has 33 heavy (non-hydrogen) atoms. The number of benzene rings is 2. The lowest BCUT2D eigenvalue weighted by Gasteiger charge is -2.47. The van der Waals surface area contributed by atoms with Crippen LogP contribution in [0.25, 0.3) is 0 Å². The topological polar surface area (TPSA) is 39.7 Å². The van der Waals surface area contributed by atoms with Crippen molar-refractivity contribution in [2.75, 3.05) is 0 Å². The minimum Gasteiger partial charge on any atom is -0.376 e. The maximum Gasteiger partial charge on any atom is 0.128 e. The minimum atomic E-state index is -0.345. The van der Waals surface area contributed by atoms with E-state index in [1.807, 2.05) is 23.2 Å². The van der Waals surface area contributed by atoms with Gasteiger partial charge in [-0.15, -0.1) is 0 Å². The third-order valence-corrected chi connectivity index (χ3v) is 6.95. The van der Waals surface area contributed by atoms with Gasteiger partial charge in [0, 0.05) is 18.0 Å². The van der Waals surface area contributed by atoms with E-state index in [2.05, 4.69) is 87.9 Å². The summed E-state index contributed by atoms with van der Waals surface area (Å²) >= 11 is 0. The quantitative estimate of drug-likeness (QED) is 0.447. The highest BCUT2D eigenvalue weighted by molar-refractivity contribution is 5.37. The maximum absolute atomic E-state index is 13.6. The Morgan fingerprint density at radius 2 is 1.76 bits per heavy atom. The predicted octanol–water partition coefficient (Wildman–Crippen LogP) is 6.61. The molecule has 0 amide bonds. The van der Waals surface area contributed by atoms with Crippen LogP contribution in [0.2, 0.25) is 0 Å². The molecule has 1 aliphatic rings. The molecule has 1 saturated heterocycles. The van der Waals surface area contributed by atoms with Crippen molar-refractivity contribution in [3.8, 4) is 0 Å². The van der Waals surface area contributed by atoms with E-state index in [4.69, 9.17) is 0 Å². The summed E-state index contributed by atoms with van der Waals surface area (Å²) in [5, 5.41) is 13.7. The third-order valence-electron chi connectivity index (χ3n) is 6.95. The Hall–Kier alpha value is -3.08. The van der Waals surface area contributed by atoms with E-state index >= 15 is 0 Å². The lowest BCUT2D eigenvalue weighted by Crippen LogP contribution is -2.52. The summed E-state index contributed by atoms with van der Waals surface area (Å²) in [6.45, 7) is 18.9. The van der Waals surface area contributed by atoms with E-state index in [-0.39, 0.29) is 22.9 Å². The number of nitrogens with zero attached hydrogens (tertiary/aromatic N) is 2. The number of hydrogen-bond donors (Lipinski definition) is 2. The second-order valence-electron chi connectivity index (χ2n) is 9.45. The molecule has 0 radical (unpaired) electrons. The van der Waals surface area contributed by atoms with Gasteiger partial charge in [-0.25, -0.2) is 9.40 Å². The molecular formula is C28H37FN4. The van der Waals surface area contributed by atoms with Gasteiger partial charge < -0.3 is 10.6 Å². The second-order valence-corrected chi connectivity index (χ2v) is 9.45. The number of hydrogen-bond acceptors (Lipinski definition) is 4. The molecule has 1 aliphatic heterocycles. The average molecular weight is 449 g/mol. The van der Waals surface area contributed by atoms with Crippen molar-refractivity contribution >= 4 is 6.72 Å². The summed E-state index contributed by atoms with van der Waals surface area (Å²) in [4.78, 5) is 0. The zero-order chi connectivity index (χ0) is 24.2. The lowest BCUT2D eigenvalue weighted by atomic mass is 9.84. The molecule has 1 fully saturated rings. The summed E-state index contributed by atoms with van der Waals surface area (Å²) in [6.07, 6.45) is 2.56. The molecule has 1 atom stereocenters. The fourth-order valence-electron chi connectivity index (χ4n) is 4.78. The number of hydrazone groups is 1. The summed E-state index contributed by atoms with van der Waals surface area (Å²) in [6, 6.07) is 17.4. The Balaban J connectivity index is 1.98. The van der Waals surface area contributed by atoms with Gasteiger partial charge in [0.15, 0.2) is 0 Å². The first-order valence-corrected chi connectivity index (χ1v) is 11.7. The van der Waals surface area contributed by atoms with Crippen molar-refractivity contribution in [2.24, 2.45) is 5.10 Å². The maximum atomic E-state index is 13.6. The van der Waals surface area contributed by atoms with E-state index in [0.717, 1.165) is 41.9 Å². The highest BCUT2D eigenvalue weighted by atomic mass is 19.1. The van der Waals surface area contributed by atoms with Gasteiger partial charge in [0.2, 0.25) is 0 Å². The Morgan fingerprint density at radius 3 is 2.30 bits per heavy atom. The molecule has 3 rings (SSSR count). The largest absolute Gasteiger partial charge is 0.376 e. The van der Waals surface area contributed by atoms with Crippen LogP contribution in [0.4, 0.5) is 4.39 Å². The van der Waals surface area contributed by atoms with E-state index in [1.54, 1.807) is 0 Å². The van der Waals surface area contributed by atoms with E-state index in [9.17, 15) is 4.39 Å². The first kappa shape index (κ1) is 24.6. The molecule has 0 bridgehead atoms. The van der Waals surface area contributed by atoms with Crippen LogP contribution in [0.1, 0.15) is 71.0 Å². The Labute approximate surface area is 198 Å². The van der Waals surface area contributed by atoms with Crippen molar-refractivity contribution in [1.82, 2.24) is 15.6 Å². The smallest absolute Gasteiger partial charge is 0.128 e. The molecule has 0 aromatic heterocycles. The molecule has 2 aromatic rings. The summed E-state index contributed by atoms with van der Waals surface area (Å²) in [5.41, 5.74) is 3.50. The zero-order valence-electron chi connectivity index (χ0n) is 20.6. The van der Waals surface area contributed by atoms with Crippen molar-refractivity contribution in [3.63, 3.8) is 0 Å². The van der Waals surface area contributed by atoms with Crippen molar-refractivity contribution in [1.29, 1.82) is 0 Å². The summed E-state index contributed by atoms with van der Waals surface area (Å²) in [7, 11) is 0. The fraction of sp³-hybridized carbons (Fsp3) is 0.393. The number of halogens is 1. The van der Waals surface area contributed by atoms with Crippen LogP contribution in [0.15, 0.2) is 83.4 Å². The third kappa shape index (κ3) is 4.97. The van der Waals surface area contributed by atoms with Gasteiger partial charge in [-0.2, -0.15) is 5.10 Å². The van der Waals surface area contributed by atoms with Gasteiger partial charge in [-0.05, 0) is 63.3 Å². The molecule has 0 spiro atoms. The van der Waals surface area contributed by atoms with Crippen LogP contribution in [0.3, 0.4) is 0 Å². The first-order valence-electron chi connectivity index (χ1n) is 11.7. The molecule has 2 aromatic carbocycles. The lowest BCUT2D eigenvalue weighted by molar-refractivity contribution is 0.0955. The molecule has 4 nitrogen and oxygen atoms in total. The normalized spacial score (nSPS) is 19.5. The minimum absolute atomic E-state index is 0.149. The van der Waals surface area contributed by atoms with Crippen LogP contribution in [-0.4, -0.2) is 17.3 Å². The number of rotatable bonds is 8. The van der Waals surface area contributed by atoms with Gasteiger partial charge in [0.05, 0.1) is 17.1 Å². The SMILES string of the molecule is C=NN1/C(=C(\C)C(=C)NC(CC)(CC)c2ccc(F)cc2)NC(c2ccccc2)CC1(C)C. The van der Waals surface area contributed by atoms with E-state index in [0.29, 0.717) is 0 Å². The van der Waals surface area contributed by atoms with Gasteiger partial charge in [0.1, 0.15) is 11.6 Å². The van der Waals surface area contributed by atoms with Gasteiger partial charge >= 0.3 is 0 Å². The molecule has 5 heteroatoms. The molecule has 0 aliphatic carbocycles. The van der Waals surface area contributed by atoms with Gasteiger partial charge in [0.25, 0.3) is 0 Å². The van der Waals surface area contributed by atoms with Crippen LogP contribution in [-0.2, 0) is 5.54 Å². The fourth-order valence-corrected chi connectivity index (χ4v) is 4.78. The molecule has 2 N–H and O–H groups in total. The standard InChI is InChI=1S/C28H37FN4/c1-8-28(9-2,23-15-17-24(29)18-16-23)32-21(4)20(3)26-31-25(22-13-11-10-12-14-22)19-27(5,6)33(26)30-7/h10-18,25,31-32H,4,7-9,19H2,1-3,5-6H3/b26-20+. The summed E-state index contributed by atoms with van der Waals surface area (Å²) < 4.78 is 13.6. The zero-order valence-corrected chi connectivity index (χ0v) is 20.6. The second kappa shape index (κ2) is 9.82. The van der Waals surface area contributed by atoms with Crippen LogP contribution >= 0.6 is 0 Å². The Morgan fingerprint density at radius 1 is 1.15 bits per heavy atom. The number of allylic oxidation sites excluding steroid dienone is 1. The molecule has 1 unspecified atom stereocenters. The molecule has 176 valence electrons. The Kier molecular flexibility index (Phi) is 7.31. The van der Waals surface area contributed by atoms with E-state index < -0.39 is 0 Å². The van der Waals surface area contributed by atoms with Crippen LogP contribution < -0.4 is 10.6 Å². The van der Waals surface area contributed by atoms with Crippen LogP contribution in [0, 0.1) is 5.82 Å². The molecular weight excluding hydrogens is 411 g/mol. The number of nitrogens with one attached hydrogen (secondary N) is 2. The van der Waals surface area contributed by atoms with E-state index in [1.165, 1.54) is 17.7 Å². The van der Waals surface area contributed by atoms with Gasteiger partial charge in [-0.1, -0.05) is 62.9 Å². The molecule has 1 heterocycles. The van der Waals surface area contributed by atoms with Crippen molar-refractivity contribution in [2.45, 2.75) is 71.0 Å². The first-order chi connectivity index (χ1) is 15.7. The van der Waals surface area contributed by atoms with Gasteiger partial charge in [-0.3, -0.25) is 0 Å². The summed E-state index contributed by atoms with van der Waals surface area (Å²) in [5.74, 6) is 0.665. The predicted molar refractivity (Wildman–Crippen MR) is 136 cm³/mol. The van der Waals surface area contributed by atoms with Crippen molar-refractivity contribution in [3.05, 3.63) is 95.2 Å². The Bertz CT molecular complexity index is 1000. The van der Waals surface area contributed by atoms with Crippen LogP contribution in [0.5, 0.6) is 0 Å². The molecule has 0 saturated carbocycles. The highest BCUT2D eigenvalue weighted by Crippen LogP contribution is 2.38. The monoisotopic (exact) mass is 448 g/mol. The van der Waals surface area contributed by atoms with Crippen molar-refractivity contribution < 1.29 is 4.39 Å².